The maximum absolute atomic E-state index is 13.4. The van der Waals surface area contributed by atoms with E-state index >= 15 is 0 Å². The zero-order valence-corrected chi connectivity index (χ0v) is 19.4. The van der Waals surface area contributed by atoms with Crippen LogP contribution in [0, 0.1) is 0 Å². The van der Waals surface area contributed by atoms with Gasteiger partial charge in [-0.3, -0.25) is 13.9 Å². The summed E-state index contributed by atoms with van der Waals surface area (Å²) in [7, 11) is -3.72. The second-order valence-corrected chi connectivity index (χ2v) is 9.24. The summed E-state index contributed by atoms with van der Waals surface area (Å²) >= 11 is 0. The monoisotopic (exact) mass is 445 g/mol. The molecule has 2 rings (SSSR count). The van der Waals surface area contributed by atoms with E-state index in [0.29, 0.717) is 18.7 Å². The molecule has 0 bridgehead atoms. The SMILES string of the molecule is CCNC(=O)[C@@H](C)N(Cc1ccccc1)C(=O)CN(c1ccccc1CC)S(C)(=O)=O. The van der Waals surface area contributed by atoms with E-state index in [2.05, 4.69) is 5.32 Å². The van der Waals surface area contributed by atoms with Gasteiger partial charge in [-0.1, -0.05) is 55.5 Å². The predicted octanol–water partition coefficient (Wildman–Crippen LogP) is 2.57. The number of benzene rings is 2. The van der Waals surface area contributed by atoms with Crippen LogP contribution >= 0.6 is 0 Å². The molecule has 0 heterocycles. The molecule has 0 unspecified atom stereocenters. The second kappa shape index (κ2) is 10.9. The first-order valence-electron chi connectivity index (χ1n) is 10.4. The number of aryl methyl sites for hydroxylation is 1. The number of nitrogens with one attached hydrogen (secondary N) is 1. The normalized spacial score (nSPS) is 12.1. The minimum Gasteiger partial charge on any atom is -0.355 e. The van der Waals surface area contributed by atoms with Gasteiger partial charge in [0.1, 0.15) is 12.6 Å². The van der Waals surface area contributed by atoms with Crippen molar-refractivity contribution in [1.29, 1.82) is 0 Å². The summed E-state index contributed by atoms with van der Waals surface area (Å²) in [4.78, 5) is 27.3. The Bertz CT molecular complexity index is 993. The minimum absolute atomic E-state index is 0.199. The zero-order chi connectivity index (χ0) is 23.0. The van der Waals surface area contributed by atoms with E-state index < -0.39 is 22.0 Å². The number of carbonyl (C=O) groups excluding carboxylic acids is 2. The smallest absolute Gasteiger partial charge is 0.244 e. The Hall–Kier alpha value is -2.87. The van der Waals surface area contributed by atoms with E-state index in [1.165, 1.54) is 4.90 Å². The van der Waals surface area contributed by atoms with Crippen molar-refractivity contribution in [2.24, 2.45) is 0 Å². The molecule has 0 saturated heterocycles. The Labute approximate surface area is 185 Å². The summed E-state index contributed by atoms with van der Waals surface area (Å²) in [6, 6.07) is 15.7. The molecule has 0 radical (unpaired) electrons. The zero-order valence-electron chi connectivity index (χ0n) is 18.5. The van der Waals surface area contributed by atoms with E-state index in [0.717, 1.165) is 21.7 Å². The summed E-state index contributed by atoms with van der Waals surface area (Å²) in [5.74, 6) is -0.731. The lowest BCUT2D eigenvalue weighted by molar-refractivity contribution is -0.139. The van der Waals surface area contributed by atoms with Crippen LogP contribution in [0.3, 0.4) is 0 Å². The number of likely N-dealkylation sites (N-methyl/N-ethyl adjacent to an activating group) is 1. The Balaban J connectivity index is 2.40. The standard InChI is InChI=1S/C23H31N3O4S/c1-5-20-14-10-11-15-21(20)26(31(4,29)30)17-22(27)25(18(3)23(28)24-6-2)16-19-12-8-7-9-13-19/h7-15,18H,5-6,16-17H2,1-4H3,(H,24,28)/t18-/m1/s1. The molecule has 0 aliphatic carbocycles. The van der Waals surface area contributed by atoms with Gasteiger partial charge < -0.3 is 10.2 Å². The number of carbonyl (C=O) groups is 2. The van der Waals surface area contributed by atoms with Gasteiger partial charge >= 0.3 is 0 Å². The summed E-state index contributed by atoms with van der Waals surface area (Å²) in [5.41, 5.74) is 2.16. The van der Waals surface area contributed by atoms with Crippen LogP contribution in [0.5, 0.6) is 0 Å². The van der Waals surface area contributed by atoms with E-state index in [1.807, 2.05) is 49.4 Å². The maximum atomic E-state index is 13.4. The number of rotatable bonds is 10. The van der Waals surface area contributed by atoms with Crippen molar-refractivity contribution >= 4 is 27.5 Å². The van der Waals surface area contributed by atoms with Gasteiger partial charge in [0.2, 0.25) is 21.8 Å². The Morgan fingerprint density at radius 3 is 2.19 bits per heavy atom. The van der Waals surface area contributed by atoms with Gasteiger partial charge in [-0.2, -0.15) is 0 Å². The lowest BCUT2D eigenvalue weighted by atomic mass is 10.1. The molecule has 1 atom stereocenters. The number of sulfonamides is 1. The van der Waals surface area contributed by atoms with Crippen molar-refractivity contribution in [2.45, 2.75) is 39.8 Å². The molecule has 2 aromatic carbocycles. The fourth-order valence-corrected chi connectivity index (χ4v) is 4.21. The third-order valence-corrected chi connectivity index (χ3v) is 6.16. The highest BCUT2D eigenvalue weighted by Crippen LogP contribution is 2.24. The topological polar surface area (TPSA) is 86.8 Å². The molecule has 2 amide bonds. The summed E-state index contributed by atoms with van der Waals surface area (Å²) in [5, 5.41) is 2.74. The molecular weight excluding hydrogens is 414 g/mol. The molecule has 2 aromatic rings. The molecule has 0 spiro atoms. The molecule has 0 saturated carbocycles. The van der Waals surface area contributed by atoms with E-state index in [9.17, 15) is 18.0 Å². The number of hydrogen-bond donors (Lipinski definition) is 1. The van der Waals surface area contributed by atoms with Crippen LogP contribution < -0.4 is 9.62 Å². The van der Waals surface area contributed by atoms with Gasteiger partial charge in [-0.05, 0) is 37.5 Å². The van der Waals surface area contributed by atoms with Gasteiger partial charge in [-0.15, -0.1) is 0 Å². The minimum atomic E-state index is -3.72. The van der Waals surface area contributed by atoms with E-state index in [-0.39, 0.29) is 19.0 Å². The third kappa shape index (κ3) is 6.55. The van der Waals surface area contributed by atoms with Crippen LogP contribution in [0.2, 0.25) is 0 Å². The number of para-hydroxylation sites is 1. The van der Waals surface area contributed by atoms with Gasteiger partial charge in [0.15, 0.2) is 0 Å². The van der Waals surface area contributed by atoms with Crippen LogP contribution in [0.1, 0.15) is 31.9 Å². The first-order valence-corrected chi connectivity index (χ1v) is 12.2. The van der Waals surface area contributed by atoms with Crippen molar-refractivity contribution in [3.63, 3.8) is 0 Å². The largest absolute Gasteiger partial charge is 0.355 e. The van der Waals surface area contributed by atoms with Crippen LogP contribution in [-0.2, 0) is 32.6 Å². The molecule has 0 aliphatic heterocycles. The number of hydrogen-bond acceptors (Lipinski definition) is 4. The second-order valence-electron chi connectivity index (χ2n) is 7.33. The highest BCUT2D eigenvalue weighted by atomic mass is 32.2. The molecule has 0 aliphatic rings. The van der Waals surface area contributed by atoms with Crippen molar-refractivity contribution in [3.8, 4) is 0 Å². The van der Waals surface area contributed by atoms with Gasteiger partial charge in [0.05, 0.1) is 11.9 Å². The number of nitrogens with zero attached hydrogens (tertiary/aromatic N) is 2. The van der Waals surface area contributed by atoms with Crippen LogP contribution in [0.25, 0.3) is 0 Å². The van der Waals surface area contributed by atoms with Gasteiger partial charge in [0, 0.05) is 13.1 Å². The molecule has 1 N–H and O–H groups in total. The van der Waals surface area contributed by atoms with Crippen molar-refractivity contribution < 1.29 is 18.0 Å². The maximum Gasteiger partial charge on any atom is 0.244 e. The van der Waals surface area contributed by atoms with E-state index in [4.69, 9.17) is 0 Å². The van der Waals surface area contributed by atoms with Crippen molar-refractivity contribution in [2.75, 3.05) is 23.7 Å². The predicted molar refractivity (Wildman–Crippen MR) is 123 cm³/mol. The van der Waals surface area contributed by atoms with E-state index in [1.54, 1.807) is 26.0 Å². The van der Waals surface area contributed by atoms with Gasteiger partial charge in [0.25, 0.3) is 0 Å². The van der Waals surface area contributed by atoms with Crippen molar-refractivity contribution in [1.82, 2.24) is 10.2 Å². The molecule has 8 heteroatoms. The lowest BCUT2D eigenvalue weighted by Gasteiger charge is -2.32. The third-order valence-electron chi connectivity index (χ3n) is 5.03. The Morgan fingerprint density at radius 2 is 1.61 bits per heavy atom. The van der Waals surface area contributed by atoms with Crippen LogP contribution in [0.4, 0.5) is 5.69 Å². The number of amides is 2. The summed E-state index contributed by atoms with van der Waals surface area (Å²) in [6.45, 7) is 5.64. The van der Waals surface area contributed by atoms with Crippen molar-refractivity contribution in [3.05, 3.63) is 65.7 Å². The van der Waals surface area contributed by atoms with Crippen LogP contribution in [-0.4, -0.2) is 50.5 Å². The van der Waals surface area contributed by atoms with Gasteiger partial charge in [-0.25, -0.2) is 8.42 Å². The molecule has 31 heavy (non-hydrogen) atoms. The molecule has 0 fully saturated rings. The first-order chi connectivity index (χ1) is 14.7. The summed E-state index contributed by atoms with van der Waals surface area (Å²) < 4.78 is 26.3. The summed E-state index contributed by atoms with van der Waals surface area (Å²) in [6.07, 6.45) is 1.71. The molecular formula is C23H31N3O4S. The highest BCUT2D eigenvalue weighted by molar-refractivity contribution is 7.92. The van der Waals surface area contributed by atoms with Crippen LogP contribution in [0.15, 0.2) is 54.6 Å². The fraction of sp³-hybridized carbons (Fsp3) is 0.391. The highest BCUT2D eigenvalue weighted by Gasteiger charge is 2.30. The lowest BCUT2D eigenvalue weighted by Crippen LogP contribution is -2.51. The molecule has 0 aromatic heterocycles. The Kier molecular flexibility index (Phi) is 8.62. The molecule has 168 valence electrons. The quantitative estimate of drug-likeness (QED) is 0.609. The Morgan fingerprint density at radius 1 is 1.00 bits per heavy atom. The number of anilines is 1. The average molecular weight is 446 g/mol. The fourth-order valence-electron chi connectivity index (χ4n) is 3.33. The average Bonchev–Trinajstić information content (AvgIpc) is 2.75. The molecule has 7 nitrogen and oxygen atoms in total. The first kappa shape index (κ1) is 24.4.